The van der Waals surface area contributed by atoms with Gasteiger partial charge in [-0.3, -0.25) is 14.5 Å². The number of allylic oxidation sites excluding steroid dienone is 2. The van der Waals surface area contributed by atoms with Crippen molar-refractivity contribution in [1.82, 2.24) is 0 Å². The van der Waals surface area contributed by atoms with Crippen molar-refractivity contribution in [2.75, 3.05) is 4.90 Å². The molecule has 3 fully saturated rings. The van der Waals surface area contributed by atoms with Crippen LogP contribution in [0, 0.1) is 29.1 Å². The molecular weight excluding hydrogens is 250 g/mol. The first kappa shape index (κ1) is 10.8. The highest BCUT2D eigenvalue weighted by Crippen LogP contribution is 2.73. The molecular formula is C17H15NO2. The van der Waals surface area contributed by atoms with Gasteiger partial charge in [0.15, 0.2) is 0 Å². The highest BCUT2D eigenvalue weighted by atomic mass is 16.2. The fraction of sp³-hybridized carbons (Fsp3) is 0.412. The minimum atomic E-state index is -0.0970. The van der Waals surface area contributed by atoms with Gasteiger partial charge in [0, 0.05) is 0 Å². The number of carbonyl (C=O) groups is 2. The minimum absolute atomic E-state index is 0.0225. The summed E-state index contributed by atoms with van der Waals surface area (Å²) in [5, 5.41) is 0. The van der Waals surface area contributed by atoms with E-state index in [0.29, 0.717) is 11.8 Å². The molecule has 1 spiro atoms. The van der Waals surface area contributed by atoms with Gasteiger partial charge in [0.1, 0.15) is 0 Å². The third-order valence-corrected chi connectivity index (χ3v) is 5.87. The zero-order valence-corrected chi connectivity index (χ0v) is 11.0. The largest absolute Gasteiger partial charge is 0.274 e. The highest BCUT2D eigenvalue weighted by molar-refractivity contribution is 6.23. The maximum atomic E-state index is 12.8. The van der Waals surface area contributed by atoms with Crippen LogP contribution >= 0.6 is 0 Å². The third-order valence-electron chi connectivity index (χ3n) is 5.87. The van der Waals surface area contributed by atoms with Gasteiger partial charge in [-0.05, 0) is 42.2 Å². The average Bonchev–Trinajstić information content (AvgIpc) is 3.06. The Morgan fingerprint density at radius 3 is 1.95 bits per heavy atom. The summed E-state index contributed by atoms with van der Waals surface area (Å²) in [6, 6.07) is 9.34. The van der Waals surface area contributed by atoms with E-state index < -0.39 is 0 Å². The van der Waals surface area contributed by atoms with Crippen molar-refractivity contribution in [1.29, 1.82) is 0 Å². The number of nitrogens with zero attached hydrogens (tertiary/aromatic N) is 1. The molecule has 0 N–H and O–H groups in total. The van der Waals surface area contributed by atoms with Gasteiger partial charge in [0.25, 0.3) is 0 Å². The quantitative estimate of drug-likeness (QED) is 0.577. The van der Waals surface area contributed by atoms with E-state index in [9.17, 15) is 9.59 Å². The third kappa shape index (κ3) is 1.02. The molecule has 0 aromatic heterocycles. The topological polar surface area (TPSA) is 37.4 Å². The molecule has 3 heteroatoms. The van der Waals surface area contributed by atoms with Crippen LogP contribution in [0.2, 0.25) is 0 Å². The monoisotopic (exact) mass is 265 g/mol. The molecule has 1 heterocycles. The van der Waals surface area contributed by atoms with Crippen molar-refractivity contribution in [2.24, 2.45) is 29.1 Å². The second-order valence-corrected chi connectivity index (χ2v) is 6.57. The Hall–Kier alpha value is -1.90. The summed E-state index contributed by atoms with van der Waals surface area (Å²) in [5.41, 5.74) is 1.00. The van der Waals surface area contributed by atoms with Gasteiger partial charge in [-0.1, -0.05) is 30.4 Å². The van der Waals surface area contributed by atoms with E-state index >= 15 is 0 Å². The zero-order chi connectivity index (χ0) is 13.5. The molecule has 2 amide bonds. The Morgan fingerprint density at radius 2 is 1.45 bits per heavy atom. The van der Waals surface area contributed by atoms with Gasteiger partial charge in [-0.25, -0.2) is 0 Å². The number of hydrogen-bond donors (Lipinski definition) is 0. The molecule has 20 heavy (non-hydrogen) atoms. The van der Waals surface area contributed by atoms with Crippen LogP contribution in [0.15, 0.2) is 42.5 Å². The summed E-state index contributed by atoms with van der Waals surface area (Å²) in [7, 11) is 0. The predicted molar refractivity (Wildman–Crippen MR) is 73.7 cm³/mol. The minimum Gasteiger partial charge on any atom is -0.274 e. The van der Waals surface area contributed by atoms with Crippen molar-refractivity contribution >= 4 is 17.5 Å². The molecule has 2 saturated carbocycles. The van der Waals surface area contributed by atoms with Crippen molar-refractivity contribution in [3.8, 4) is 0 Å². The fourth-order valence-electron chi connectivity index (χ4n) is 4.91. The van der Waals surface area contributed by atoms with E-state index in [1.807, 2.05) is 30.3 Å². The smallest absolute Gasteiger partial charge is 0.238 e. The molecule has 2 bridgehead atoms. The molecule has 1 aliphatic heterocycles. The van der Waals surface area contributed by atoms with E-state index in [0.717, 1.165) is 5.69 Å². The Bertz CT molecular complexity index is 625. The van der Waals surface area contributed by atoms with Crippen molar-refractivity contribution in [2.45, 2.75) is 12.8 Å². The van der Waals surface area contributed by atoms with E-state index in [4.69, 9.17) is 0 Å². The van der Waals surface area contributed by atoms with Crippen LogP contribution < -0.4 is 4.90 Å². The number of rotatable bonds is 1. The first-order valence-electron chi connectivity index (χ1n) is 7.35. The lowest BCUT2D eigenvalue weighted by molar-refractivity contribution is -0.123. The van der Waals surface area contributed by atoms with Gasteiger partial charge in [-0.2, -0.15) is 0 Å². The fourth-order valence-corrected chi connectivity index (χ4v) is 4.91. The van der Waals surface area contributed by atoms with Crippen molar-refractivity contribution in [3.63, 3.8) is 0 Å². The maximum Gasteiger partial charge on any atom is 0.238 e. The Kier molecular flexibility index (Phi) is 1.74. The number of para-hydroxylation sites is 1. The lowest BCUT2D eigenvalue weighted by Gasteiger charge is -2.21. The molecule has 3 nitrogen and oxygen atoms in total. The second kappa shape index (κ2) is 3.22. The normalized spacial score (nSPS) is 38.9. The number of benzene rings is 1. The predicted octanol–water partition coefficient (Wildman–Crippen LogP) is 2.39. The number of fused-ring (bicyclic) bond motifs is 3. The molecule has 5 rings (SSSR count). The maximum absolute atomic E-state index is 12.8. The molecule has 2 unspecified atom stereocenters. The van der Waals surface area contributed by atoms with Crippen LogP contribution in [-0.4, -0.2) is 11.8 Å². The number of anilines is 1. The summed E-state index contributed by atoms with van der Waals surface area (Å²) in [5.74, 6) is 0.467. The Labute approximate surface area is 117 Å². The first-order valence-corrected chi connectivity index (χ1v) is 7.35. The molecule has 3 aliphatic carbocycles. The van der Waals surface area contributed by atoms with E-state index in [-0.39, 0.29) is 29.1 Å². The zero-order valence-electron chi connectivity index (χ0n) is 11.0. The van der Waals surface area contributed by atoms with Gasteiger partial charge < -0.3 is 0 Å². The summed E-state index contributed by atoms with van der Waals surface area (Å²) in [4.78, 5) is 27.0. The number of imide groups is 1. The number of hydrogen-bond acceptors (Lipinski definition) is 2. The highest BCUT2D eigenvalue weighted by Gasteiger charge is 2.73. The van der Waals surface area contributed by atoms with Crippen LogP contribution in [-0.2, 0) is 9.59 Å². The lowest BCUT2D eigenvalue weighted by atomic mass is 9.85. The van der Waals surface area contributed by atoms with Crippen LogP contribution in [0.1, 0.15) is 12.8 Å². The van der Waals surface area contributed by atoms with Gasteiger partial charge in [0.05, 0.1) is 17.5 Å². The molecule has 1 aromatic carbocycles. The van der Waals surface area contributed by atoms with Crippen LogP contribution in [0.4, 0.5) is 5.69 Å². The van der Waals surface area contributed by atoms with E-state index in [1.54, 1.807) is 0 Å². The molecule has 4 aliphatic rings. The Balaban J connectivity index is 1.60. The van der Waals surface area contributed by atoms with Gasteiger partial charge in [0.2, 0.25) is 11.8 Å². The summed E-state index contributed by atoms with van der Waals surface area (Å²) < 4.78 is 0. The van der Waals surface area contributed by atoms with Crippen LogP contribution in [0.25, 0.3) is 0 Å². The van der Waals surface area contributed by atoms with Gasteiger partial charge >= 0.3 is 0 Å². The van der Waals surface area contributed by atoms with Crippen molar-refractivity contribution < 1.29 is 9.59 Å². The SMILES string of the molecule is O=C1C2C(C(=O)N1c1ccccc1)[C@@H]1C=C[C@H]2C12CC2. The van der Waals surface area contributed by atoms with Crippen LogP contribution in [0.3, 0.4) is 0 Å². The molecule has 4 atom stereocenters. The summed E-state index contributed by atoms with van der Waals surface area (Å²) >= 11 is 0. The standard InChI is InChI=1S/C17H15NO2/c19-15-13-11-6-7-12(17(11)8-9-17)14(13)16(20)18(15)10-4-2-1-3-5-10/h1-7,11-14H,8-9H2/t11-,12+,13?,14?. The van der Waals surface area contributed by atoms with Crippen molar-refractivity contribution in [3.05, 3.63) is 42.5 Å². The second-order valence-electron chi connectivity index (χ2n) is 6.57. The number of carbonyl (C=O) groups excluding carboxylic acids is 2. The van der Waals surface area contributed by atoms with E-state index in [2.05, 4.69) is 12.2 Å². The molecule has 0 radical (unpaired) electrons. The Morgan fingerprint density at radius 1 is 0.900 bits per heavy atom. The first-order chi connectivity index (χ1) is 9.74. The molecule has 1 saturated heterocycles. The summed E-state index contributed by atoms with van der Waals surface area (Å²) in [6.45, 7) is 0. The number of amides is 2. The van der Waals surface area contributed by atoms with Crippen LogP contribution in [0.5, 0.6) is 0 Å². The van der Waals surface area contributed by atoms with E-state index in [1.165, 1.54) is 17.7 Å². The molecule has 100 valence electrons. The molecule has 1 aromatic rings. The lowest BCUT2D eigenvalue weighted by Crippen LogP contribution is -2.34. The van der Waals surface area contributed by atoms with Gasteiger partial charge in [-0.15, -0.1) is 0 Å². The average molecular weight is 265 g/mol. The summed E-state index contributed by atoms with van der Waals surface area (Å²) in [6.07, 6.45) is 6.79.